The number of hydrogen-bond acceptors (Lipinski definition) is 5. The normalized spacial score (nSPS) is 15.1. The number of carbonyl (C=O) groups is 2. The maximum Gasteiger partial charge on any atom is 0.255 e. The number of aromatic nitrogens is 1. The minimum absolute atomic E-state index is 0.159. The van der Waals surface area contributed by atoms with Crippen molar-refractivity contribution in [3.63, 3.8) is 0 Å². The minimum atomic E-state index is -0.379. The molecule has 1 saturated heterocycles. The van der Waals surface area contributed by atoms with Crippen molar-refractivity contribution in [2.75, 3.05) is 23.3 Å². The van der Waals surface area contributed by atoms with E-state index >= 15 is 0 Å². The molecule has 1 aromatic heterocycles. The van der Waals surface area contributed by atoms with Crippen LogP contribution in [0.25, 0.3) is 0 Å². The standard InChI is InChI=1S/C26H29N5O2/c27-25(32)24(17-19-5-2-1-3-6-19)29-21-11-15-31(16-12-21)23-8-4-7-22(18-23)30-26(33)20-9-13-28-14-10-20/h1-10,13-14,18,21,24,29H,11-12,15-17H2,(H2,27,32)(H,30,33)/t24-/m0/s1. The fourth-order valence-electron chi connectivity index (χ4n) is 4.17. The average Bonchev–Trinajstić information content (AvgIpc) is 2.85. The molecule has 2 aromatic carbocycles. The zero-order chi connectivity index (χ0) is 23.0. The van der Waals surface area contributed by atoms with E-state index in [1.54, 1.807) is 24.5 Å². The maximum atomic E-state index is 12.4. The van der Waals surface area contributed by atoms with Gasteiger partial charge in [0.1, 0.15) is 0 Å². The summed E-state index contributed by atoms with van der Waals surface area (Å²) in [7, 11) is 0. The van der Waals surface area contributed by atoms with Gasteiger partial charge in [0.05, 0.1) is 6.04 Å². The zero-order valence-electron chi connectivity index (χ0n) is 18.5. The highest BCUT2D eigenvalue weighted by atomic mass is 16.2. The Morgan fingerprint density at radius 2 is 1.73 bits per heavy atom. The molecule has 7 nitrogen and oxygen atoms in total. The fourth-order valence-corrected chi connectivity index (χ4v) is 4.17. The summed E-state index contributed by atoms with van der Waals surface area (Å²) in [6, 6.07) is 21.1. The molecule has 0 bridgehead atoms. The number of rotatable bonds is 8. The van der Waals surface area contributed by atoms with Crippen LogP contribution in [0.1, 0.15) is 28.8 Å². The van der Waals surface area contributed by atoms with E-state index in [0.29, 0.717) is 12.0 Å². The number of amides is 2. The number of primary amides is 1. The third kappa shape index (κ3) is 6.17. The van der Waals surface area contributed by atoms with E-state index in [0.717, 1.165) is 42.9 Å². The van der Waals surface area contributed by atoms with Gasteiger partial charge in [0, 0.05) is 48.5 Å². The number of nitrogens with two attached hydrogens (primary N) is 1. The molecule has 4 rings (SSSR count). The molecule has 7 heteroatoms. The molecule has 4 N–H and O–H groups in total. The Bertz CT molecular complexity index is 1070. The van der Waals surface area contributed by atoms with Crippen LogP contribution >= 0.6 is 0 Å². The summed E-state index contributed by atoms with van der Waals surface area (Å²) in [5, 5.41) is 6.42. The number of nitrogens with zero attached hydrogens (tertiary/aromatic N) is 2. The molecule has 1 aliphatic rings. The first kappa shape index (κ1) is 22.5. The quantitative estimate of drug-likeness (QED) is 0.497. The molecule has 2 amide bonds. The molecule has 33 heavy (non-hydrogen) atoms. The van der Waals surface area contributed by atoms with Gasteiger partial charge in [-0.15, -0.1) is 0 Å². The SMILES string of the molecule is NC(=O)[C@H](Cc1ccccc1)NC1CCN(c2cccc(NC(=O)c3ccncc3)c2)CC1. The Morgan fingerprint density at radius 3 is 2.42 bits per heavy atom. The number of anilines is 2. The third-order valence-corrected chi connectivity index (χ3v) is 5.97. The van der Waals surface area contributed by atoms with Gasteiger partial charge in [-0.05, 0) is 55.2 Å². The number of pyridine rings is 1. The van der Waals surface area contributed by atoms with Gasteiger partial charge < -0.3 is 21.3 Å². The molecule has 170 valence electrons. The van der Waals surface area contributed by atoms with E-state index in [-0.39, 0.29) is 23.9 Å². The Morgan fingerprint density at radius 1 is 1.00 bits per heavy atom. The molecule has 0 unspecified atom stereocenters. The van der Waals surface area contributed by atoms with Crippen LogP contribution in [0.5, 0.6) is 0 Å². The van der Waals surface area contributed by atoms with Crippen molar-refractivity contribution in [3.05, 3.63) is 90.3 Å². The monoisotopic (exact) mass is 443 g/mol. The lowest BCUT2D eigenvalue weighted by molar-refractivity contribution is -0.120. The minimum Gasteiger partial charge on any atom is -0.371 e. The van der Waals surface area contributed by atoms with Crippen molar-refractivity contribution in [2.24, 2.45) is 5.73 Å². The second-order valence-electron chi connectivity index (χ2n) is 8.31. The summed E-state index contributed by atoms with van der Waals surface area (Å²) in [6.07, 6.45) is 5.62. The second kappa shape index (κ2) is 10.7. The Hall–Kier alpha value is -3.71. The first-order valence-corrected chi connectivity index (χ1v) is 11.2. The summed E-state index contributed by atoms with van der Waals surface area (Å²) in [6.45, 7) is 1.71. The highest BCUT2D eigenvalue weighted by Gasteiger charge is 2.24. The predicted molar refractivity (Wildman–Crippen MR) is 130 cm³/mol. The molecule has 0 radical (unpaired) electrons. The zero-order valence-corrected chi connectivity index (χ0v) is 18.5. The second-order valence-corrected chi connectivity index (χ2v) is 8.31. The van der Waals surface area contributed by atoms with Gasteiger partial charge in [0.15, 0.2) is 0 Å². The molecule has 0 spiro atoms. The summed E-state index contributed by atoms with van der Waals surface area (Å²) in [5.41, 5.74) is 9.16. The van der Waals surface area contributed by atoms with Crippen LogP contribution in [0.3, 0.4) is 0 Å². The van der Waals surface area contributed by atoms with Gasteiger partial charge in [-0.3, -0.25) is 14.6 Å². The molecule has 0 saturated carbocycles. The van der Waals surface area contributed by atoms with Crippen LogP contribution in [0.2, 0.25) is 0 Å². The van der Waals surface area contributed by atoms with Crippen LogP contribution < -0.4 is 21.3 Å². The Labute approximate surface area is 194 Å². The summed E-state index contributed by atoms with van der Waals surface area (Å²) < 4.78 is 0. The van der Waals surface area contributed by atoms with Crippen molar-refractivity contribution in [3.8, 4) is 0 Å². The van der Waals surface area contributed by atoms with E-state index in [1.165, 1.54) is 0 Å². The summed E-state index contributed by atoms with van der Waals surface area (Å²) >= 11 is 0. The van der Waals surface area contributed by atoms with Crippen LogP contribution in [0, 0.1) is 0 Å². The van der Waals surface area contributed by atoms with Crippen LogP contribution in [0.15, 0.2) is 79.1 Å². The van der Waals surface area contributed by atoms with E-state index in [4.69, 9.17) is 5.73 Å². The lowest BCUT2D eigenvalue weighted by atomic mass is 10.00. The van der Waals surface area contributed by atoms with Gasteiger partial charge in [0.2, 0.25) is 5.91 Å². The molecular formula is C26H29N5O2. The maximum absolute atomic E-state index is 12.4. The average molecular weight is 444 g/mol. The predicted octanol–water partition coefficient (Wildman–Crippen LogP) is 2.99. The van der Waals surface area contributed by atoms with Crippen molar-refractivity contribution >= 4 is 23.2 Å². The van der Waals surface area contributed by atoms with Crippen molar-refractivity contribution in [1.29, 1.82) is 0 Å². The van der Waals surface area contributed by atoms with E-state index in [9.17, 15) is 9.59 Å². The molecule has 1 aliphatic heterocycles. The third-order valence-electron chi connectivity index (χ3n) is 5.97. The van der Waals surface area contributed by atoms with Crippen molar-refractivity contribution < 1.29 is 9.59 Å². The smallest absolute Gasteiger partial charge is 0.255 e. The molecular weight excluding hydrogens is 414 g/mol. The molecule has 2 heterocycles. The largest absolute Gasteiger partial charge is 0.371 e. The molecule has 0 aliphatic carbocycles. The first-order chi connectivity index (χ1) is 16.1. The number of piperidine rings is 1. The lowest BCUT2D eigenvalue weighted by Crippen LogP contribution is -2.51. The first-order valence-electron chi connectivity index (χ1n) is 11.2. The van der Waals surface area contributed by atoms with Crippen LogP contribution in [0.4, 0.5) is 11.4 Å². The lowest BCUT2D eigenvalue weighted by Gasteiger charge is -2.35. The molecule has 3 aromatic rings. The van der Waals surface area contributed by atoms with Crippen molar-refractivity contribution in [2.45, 2.75) is 31.3 Å². The molecule has 1 fully saturated rings. The van der Waals surface area contributed by atoms with Gasteiger partial charge >= 0.3 is 0 Å². The number of benzene rings is 2. The number of carbonyl (C=O) groups excluding carboxylic acids is 2. The van der Waals surface area contributed by atoms with E-state index < -0.39 is 0 Å². The Balaban J connectivity index is 1.32. The Kier molecular flexibility index (Phi) is 7.32. The van der Waals surface area contributed by atoms with E-state index in [1.807, 2.05) is 48.5 Å². The highest BCUT2D eigenvalue weighted by molar-refractivity contribution is 6.04. The number of hydrogen-bond donors (Lipinski definition) is 3. The van der Waals surface area contributed by atoms with Gasteiger partial charge in [-0.1, -0.05) is 36.4 Å². The van der Waals surface area contributed by atoms with Gasteiger partial charge in [0.25, 0.3) is 5.91 Å². The fraction of sp³-hybridized carbons (Fsp3) is 0.269. The summed E-state index contributed by atoms with van der Waals surface area (Å²) in [4.78, 5) is 30.7. The molecule has 1 atom stereocenters. The highest BCUT2D eigenvalue weighted by Crippen LogP contribution is 2.24. The van der Waals surface area contributed by atoms with E-state index in [2.05, 4.69) is 26.6 Å². The van der Waals surface area contributed by atoms with Gasteiger partial charge in [-0.2, -0.15) is 0 Å². The van der Waals surface area contributed by atoms with Crippen LogP contribution in [-0.2, 0) is 11.2 Å². The van der Waals surface area contributed by atoms with Crippen LogP contribution in [-0.4, -0.2) is 42.0 Å². The topological polar surface area (TPSA) is 100 Å². The number of nitrogens with one attached hydrogen (secondary N) is 2. The van der Waals surface area contributed by atoms with Crippen molar-refractivity contribution in [1.82, 2.24) is 10.3 Å². The summed E-state index contributed by atoms with van der Waals surface area (Å²) in [5.74, 6) is -0.479. The van der Waals surface area contributed by atoms with Gasteiger partial charge in [-0.25, -0.2) is 0 Å².